The van der Waals surface area contributed by atoms with Crippen LogP contribution in [0.4, 0.5) is 0 Å². The maximum Gasteiger partial charge on any atom is 0.111 e. The summed E-state index contributed by atoms with van der Waals surface area (Å²) in [7, 11) is 0. The Balaban J connectivity index is 2.14. The van der Waals surface area contributed by atoms with Crippen molar-refractivity contribution in [3.63, 3.8) is 0 Å². The van der Waals surface area contributed by atoms with Crippen LogP contribution in [0.3, 0.4) is 0 Å². The van der Waals surface area contributed by atoms with Crippen LogP contribution in [-0.4, -0.2) is 28.6 Å². The minimum Gasteiger partial charge on any atom is -0.379 e. The van der Waals surface area contributed by atoms with Crippen LogP contribution in [0.25, 0.3) is 11.0 Å². The Hall–Kier alpha value is -1.06. The summed E-state index contributed by atoms with van der Waals surface area (Å²) in [5.74, 6) is 1.69. The highest BCUT2D eigenvalue weighted by molar-refractivity contribution is 6.17. The van der Waals surface area contributed by atoms with Crippen LogP contribution < -0.4 is 0 Å². The predicted octanol–water partition coefficient (Wildman–Crippen LogP) is 3.09. The van der Waals surface area contributed by atoms with Gasteiger partial charge in [-0.1, -0.05) is 6.07 Å². The van der Waals surface area contributed by atoms with Crippen LogP contribution in [0.1, 0.15) is 23.9 Å². The fourth-order valence-electron chi connectivity index (χ4n) is 2.65. The third-order valence-electron chi connectivity index (χ3n) is 3.51. The highest BCUT2D eigenvalue weighted by Gasteiger charge is 2.22. The molecule has 1 unspecified atom stereocenters. The van der Waals surface area contributed by atoms with Gasteiger partial charge >= 0.3 is 0 Å². The average Bonchev–Trinajstić information content (AvgIpc) is 2.95. The van der Waals surface area contributed by atoms with Gasteiger partial charge in [-0.2, -0.15) is 0 Å². The predicted molar refractivity (Wildman–Crippen MR) is 73.4 cm³/mol. The average molecular weight is 265 g/mol. The molecule has 96 valence electrons. The Labute approximate surface area is 112 Å². The number of benzene rings is 1. The molecule has 1 atom stereocenters. The summed E-state index contributed by atoms with van der Waals surface area (Å²) in [4.78, 5) is 4.73. The standard InChI is InChI=1S/C14H17ClN2O/c1-10-2-3-13-12(8-10)16-14(4-6-15)17(13)11-5-7-18-9-11/h2-3,8,11H,4-7,9H2,1H3. The fraction of sp³-hybridized carbons (Fsp3) is 0.500. The van der Waals surface area contributed by atoms with E-state index in [1.54, 1.807) is 0 Å². The van der Waals surface area contributed by atoms with Crippen molar-refractivity contribution in [2.45, 2.75) is 25.8 Å². The first kappa shape index (κ1) is 12.0. The third-order valence-corrected chi connectivity index (χ3v) is 3.70. The van der Waals surface area contributed by atoms with Crippen molar-refractivity contribution in [1.29, 1.82) is 0 Å². The number of aryl methyl sites for hydroxylation is 2. The molecule has 0 saturated carbocycles. The second kappa shape index (κ2) is 4.90. The molecule has 1 fully saturated rings. The van der Waals surface area contributed by atoms with Crippen molar-refractivity contribution < 1.29 is 4.74 Å². The lowest BCUT2D eigenvalue weighted by Gasteiger charge is -2.14. The minimum absolute atomic E-state index is 0.413. The molecule has 1 aromatic carbocycles. The molecule has 1 aliphatic heterocycles. The molecular weight excluding hydrogens is 248 g/mol. The van der Waals surface area contributed by atoms with E-state index in [0.717, 1.165) is 37.4 Å². The largest absolute Gasteiger partial charge is 0.379 e. The number of fused-ring (bicyclic) bond motifs is 1. The zero-order valence-corrected chi connectivity index (χ0v) is 11.3. The zero-order chi connectivity index (χ0) is 12.5. The maximum atomic E-state index is 5.89. The molecule has 3 rings (SSSR count). The molecule has 0 radical (unpaired) electrons. The molecule has 3 nitrogen and oxygen atoms in total. The number of halogens is 1. The summed E-state index contributed by atoms with van der Waals surface area (Å²) in [6, 6.07) is 6.85. The zero-order valence-electron chi connectivity index (χ0n) is 10.5. The Morgan fingerprint density at radius 2 is 2.39 bits per heavy atom. The molecule has 0 N–H and O–H groups in total. The normalized spacial score (nSPS) is 19.8. The van der Waals surface area contributed by atoms with E-state index >= 15 is 0 Å². The van der Waals surface area contributed by atoms with E-state index in [-0.39, 0.29) is 0 Å². The third kappa shape index (κ3) is 2.02. The number of imidazole rings is 1. The van der Waals surface area contributed by atoms with Gasteiger partial charge < -0.3 is 9.30 Å². The molecular formula is C14H17ClN2O. The molecule has 0 spiro atoms. The second-order valence-electron chi connectivity index (χ2n) is 4.85. The van der Waals surface area contributed by atoms with E-state index < -0.39 is 0 Å². The van der Waals surface area contributed by atoms with Gasteiger partial charge in [0.05, 0.1) is 23.7 Å². The summed E-state index contributed by atoms with van der Waals surface area (Å²) in [6.07, 6.45) is 1.88. The summed E-state index contributed by atoms with van der Waals surface area (Å²) in [5.41, 5.74) is 3.52. The minimum atomic E-state index is 0.413. The summed E-state index contributed by atoms with van der Waals surface area (Å²) in [5, 5.41) is 0. The molecule has 0 bridgehead atoms. The number of alkyl halides is 1. The molecule has 1 saturated heterocycles. The molecule has 1 aliphatic rings. The van der Waals surface area contributed by atoms with Crippen LogP contribution >= 0.6 is 11.6 Å². The number of hydrogen-bond acceptors (Lipinski definition) is 2. The Morgan fingerprint density at radius 1 is 1.50 bits per heavy atom. The van der Waals surface area contributed by atoms with Crippen LogP contribution in [-0.2, 0) is 11.2 Å². The van der Waals surface area contributed by atoms with Gasteiger partial charge in [0.1, 0.15) is 5.82 Å². The van der Waals surface area contributed by atoms with Gasteiger partial charge in [0.15, 0.2) is 0 Å². The van der Waals surface area contributed by atoms with Crippen molar-refractivity contribution in [1.82, 2.24) is 9.55 Å². The van der Waals surface area contributed by atoms with E-state index in [4.69, 9.17) is 21.3 Å². The highest BCUT2D eigenvalue weighted by atomic mass is 35.5. The smallest absolute Gasteiger partial charge is 0.111 e. The quantitative estimate of drug-likeness (QED) is 0.797. The van der Waals surface area contributed by atoms with Crippen LogP contribution in [0.15, 0.2) is 18.2 Å². The van der Waals surface area contributed by atoms with Crippen molar-refractivity contribution in [3.8, 4) is 0 Å². The number of rotatable bonds is 3. The van der Waals surface area contributed by atoms with E-state index in [2.05, 4.69) is 29.7 Å². The molecule has 1 aromatic heterocycles. The highest BCUT2D eigenvalue weighted by Crippen LogP contribution is 2.27. The molecule has 4 heteroatoms. The van der Waals surface area contributed by atoms with Gasteiger partial charge in [0.2, 0.25) is 0 Å². The van der Waals surface area contributed by atoms with Gasteiger partial charge in [-0.3, -0.25) is 0 Å². The molecule has 2 heterocycles. The molecule has 18 heavy (non-hydrogen) atoms. The van der Waals surface area contributed by atoms with E-state index in [1.165, 1.54) is 11.1 Å². The van der Waals surface area contributed by atoms with Crippen molar-refractivity contribution in [2.75, 3.05) is 19.1 Å². The molecule has 0 aliphatic carbocycles. The Kier molecular flexibility index (Phi) is 3.27. The van der Waals surface area contributed by atoms with Gasteiger partial charge in [-0.05, 0) is 31.0 Å². The van der Waals surface area contributed by atoms with Gasteiger partial charge in [-0.25, -0.2) is 4.98 Å². The maximum absolute atomic E-state index is 5.89. The van der Waals surface area contributed by atoms with Crippen molar-refractivity contribution in [2.24, 2.45) is 0 Å². The topological polar surface area (TPSA) is 27.1 Å². The first-order valence-electron chi connectivity index (χ1n) is 6.41. The van der Waals surface area contributed by atoms with Gasteiger partial charge in [0, 0.05) is 18.9 Å². The first-order chi connectivity index (χ1) is 8.79. The van der Waals surface area contributed by atoms with Crippen molar-refractivity contribution in [3.05, 3.63) is 29.6 Å². The van der Waals surface area contributed by atoms with E-state index in [1.807, 2.05) is 0 Å². The summed E-state index contributed by atoms with van der Waals surface area (Å²) in [6.45, 7) is 3.73. The lowest BCUT2D eigenvalue weighted by atomic mass is 10.2. The molecule has 2 aromatic rings. The number of aromatic nitrogens is 2. The van der Waals surface area contributed by atoms with Crippen LogP contribution in [0.2, 0.25) is 0 Å². The van der Waals surface area contributed by atoms with E-state index in [9.17, 15) is 0 Å². The Morgan fingerprint density at radius 3 is 3.11 bits per heavy atom. The second-order valence-corrected chi connectivity index (χ2v) is 5.22. The monoisotopic (exact) mass is 264 g/mol. The molecule has 0 amide bonds. The van der Waals surface area contributed by atoms with Crippen LogP contribution in [0.5, 0.6) is 0 Å². The lowest BCUT2D eigenvalue weighted by Crippen LogP contribution is -2.12. The van der Waals surface area contributed by atoms with E-state index in [0.29, 0.717) is 11.9 Å². The number of hydrogen-bond donors (Lipinski definition) is 0. The number of nitrogens with zero attached hydrogens (tertiary/aromatic N) is 2. The van der Waals surface area contributed by atoms with Crippen molar-refractivity contribution >= 4 is 22.6 Å². The lowest BCUT2D eigenvalue weighted by molar-refractivity contribution is 0.186. The van der Waals surface area contributed by atoms with Crippen LogP contribution in [0, 0.1) is 6.92 Å². The fourth-order valence-corrected chi connectivity index (χ4v) is 2.82. The SMILES string of the molecule is Cc1ccc2c(c1)nc(CCCl)n2C1CCOC1. The van der Waals surface area contributed by atoms with Gasteiger partial charge in [-0.15, -0.1) is 11.6 Å². The first-order valence-corrected chi connectivity index (χ1v) is 6.94. The summed E-state index contributed by atoms with van der Waals surface area (Å²) < 4.78 is 7.83. The van der Waals surface area contributed by atoms with Gasteiger partial charge in [0.25, 0.3) is 0 Å². The number of ether oxygens (including phenoxy) is 1. The summed E-state index contributed by atoms with van der Waals surface area (Å²) >= 11 is 5.89. The Bertz CT molecular complexity index is 558.